The van der Waals surface area contributed by atoms with Crippen molar-refractivity contribution in [3.8, 4) is 0 Å². The van der Waals surface area contributed by atoms with Crippen LogP contribution in [0.1, 0.15) is 33.1 Å². The van der Waals surface area contributed by atoms with Crippen LogP contribution in [-0.4, -0.2) is 0 Å². The lowest BCUT2D eigenvalue weighted by molar-refractivity contribution is 0.956. The normalized spacial score (nSPS) is 10.6. The van der Waals surface area contributed by atoms with Gasteiger partial charge in [0.2, 0.25) is 0 Å². The van der Waals surface area contributed by atoms with Crippen LogP contribution in [0, 0.1) is 6.42 Å². The molecule has 57 valence electrons. The monoisotopic (exact) mass is 137 g/mol. The van der Waals surface area contributed by atoms with Crippen molar-refractivity contribution in [1.82, 2.24) is 0 Å². The molecule has 0 aromatic heterocycles. The zero-order valence-electron chi connectivity index (χ0n) is 7.06. The van der Waals surface area contributed by atoms with E-state index in [1.165, 1.54) is 18.4 Å². The van der Waals surface area contributed by atoms with Crippen molar-refractivity contribution in [3.63, 3.8) is 0 Å². The van der Waals surface area contributed by atoms with E-state index >= 15 is 0 Å². The summed E-state index contributed by atoms with van der Waals surface area (Å²) in [6.45, 7) is 8.13. The van der Waals surface area contributed by atoms with E-state index in [-0.39, 0.29) is 0 Å². The summed E-state index contributed by atoms with van der Waals surface area (Å²) in [4.78, 5) is 0. The number of allylic oxidation sites excluding steroid dienone is 3. The molecule has 1 radical (unpaired) electrons. The molecular weight excluding hydrogens is 120 g/mol. The van der Waals surface area contributed by atoms with E-state index < -0.39 is 0 Å². The Bertz CT molecular complexity index is 109. The third-order valence-electron chi connectivity index (χ3n) is 1.28. The van der Waals surface area contributed by atoms with E-state index in [9.17, 15) is 0 Å². The molecule has 0 amide bonds. The average Bonchev–Trinajstić information content (AvgIpc) is 1.89. The highest BCUT2D eigenvalue weighted by Crippen LogP contribution is 2.03. The topological polar surface area (TPSA) is 0 Å². The first kappa shape index (κ1) is 9.48. The third kappa shape index (κ3) is 5.61. The molecule has 0 spiro atoms. The fraction of sp³-hybridized carbons (Fsp3) is 0.500. The van der Waals surface area contributed by atoms with Crippen molar-refractivity contribution in [1.29, 1.82) is 0 Å². The van der Waals surface area contributed by atoms with Crippen LogP contribution in [0.2, 0.25) is 0 Å². The molecule has 0 saturated carbocycles. The van der Waals surface area contributed by atoms with Gasteiger partial charge in [0.25, 0.3) is 0 Å². The number of unbranched alkanes of at least 4 members (excludes halogenated alkanes) is 1. The number of hydrogen-bond acceptors (Lipinski definition) is 0. The lowest BCUT2D eigenvalue weighted by Crippen LogP contribution is -1.73. The Hall–Kier alpha value is -0.520. The molecule has 0 aromatic rings. The summed E-state index contributed by atoms with van der Waals surface area (Å²) >= 11 is 0. The predicted molar refractivity (Wildman–Crippen MR) is 47.8 cm³/mol. The van der Waals surface area contributed by atoms with Crippen LogP contribution in [0.25, 0.3) is 0 Å². The summed E-state index contributed by atoms with van der Waals surface area (Å²) in [7, 11) is 0. The van der Waals surface area contributed by atoms with E-state index in [2.05, 4.69) is 39.0 Å². The standard InChI is InChI=1S/C10H17/c1-4-6-7-9-10(3)8-5-2/h5,7,9H,3-4,6,8H2,1-2H3/b9-7+. The Morgan fingerprint density at radius 1 is 1.50 bits per heavy atom. The van der Waals surface area contributed by atoms with E-state index in [1.54, 1.807) is 0 Å². The van der Waals surface area contributed by atoms with E-state index in [4.69, 9.17) is 0 Å². The zero-order chi connectivity index (χ0) is 7.82. The van der Waals surface area contributed by atoms with E-state index in [0.29, 0.717) is 0 Å². The fourth-order valence-electron chi connectivity index (χ4n) is 0.747. The first-order valence-electron chi connectivity index (χ1n) is 3.93. The minimum absolute atomic E-state index is 1.01. The molecule has 0 saturated heterocycles. The first-order valence-corrected chi connectivity index (χ1v) is 3.93. The molecule has 0 unspecified atom stereocenters. The SMILES string of the molecule is C=C(/C=C/CCC)C[CH]C. The van der Waals surface area contributed by atoms with Crippen molar-refractivity contribution in [2.24, 2.45) is 0 Å². The van der Waals surface area contributed by atoms with Gasteiger partial charge < -0.3 is 0 Å². The van der Waals surface area contributed by atoms with Gasteiger partial charge in [0.05, 0.1) is 0 Å². The quantitative estimate of drug-likeness (QED) is 0.509. The van der Waals surface area contributed by atoms with Gasteiger partial charge in [0.15, 0.2) is 0 Å². The molecule has 0 aromatic carbocycles. The molecule has 0 rings (SSSR count). The molecule has 0 N–H and O–H groups in total. The Morgan fingerprint density at radius 2 is 2.20 bits per heavy atom. The van der Waals surface area contributed by atoms with Gasteiger partial charge in [-0.2, -0.15) is 0 Å². The average molecular weight is 137 g/mol. The number of rotatable bonds is 5. The highest BCUT2D eigenvalue weighted by molar-refractivity contribution is 5.15. The molecule has 0 aliphatic carbocycles. The lowest BCUT2D eigenvalue weighted by atomic mass is 10.1. The summed E-state index contributed by atoms with van der Waals surface area (Å²) in [5.74, 6) is 0. The molecule has 0 fully saturated rings. The Morgan fingerprint density at radius 3 is 2.70 bits per heavy atom. The molecule has 0 bridgehead atoms. The highest BCUT2D eigenvalue weighted by atomic mass is 13.9. The number of hydrogen-bond donors (Lipinski definition) is 0. The maximum atomic E-state index is 3.90. The van der Waals surface area contributed by atoms with Crippen LogP contribution in [-0.2, 0) is 0 Å². The first-order chi connectivity index (χ1) is 4.81. The molecule has 0 aliphatic heterocycles. The van der Waals surface area contributed by atoms with Crippen LogP contribution < -0.4 is 0 Å². The van der Waals surface area contributed by atoms with Crippen LogP contribution in [0.3, 0.4) is 0 Å². The minimum atomic E-state index is 1.01. The summed E-state index contributed by atoms with van der Waals surface area (Å²) in [6, 6.07) is 0. The van der Waals surface area contributed by atoms with Gasteiger partial charge in [0.1, 0.15) is 0 Å². The van der Waals surface area contributed by atoms with Crippen molar-refractivity contribution in [2.75, 3.05) is 0 Å². The van der Waals surface area contributed by atoms with Gasteiger partial charge in [-0.1, -0.05) is 44.6 Å². The van der Waals surface area contributed by atoms with Gasteiger partial charge >= 0.3 is 0 Å². The molecule has 0 heteroatoms. The van der Waals surface area contributed by atoms with Gasteiger partial charge in [-0.3, -0.25) is 0 Å². The van der Waals surface area contributed by atoms with Gasteiger partial charge in [-0.25, -0.2) is 0 Å². The predicted octanol–water partition coefficient (Wildman–Crippen LogP) is 3.51. The maximum Gasteiger partial charge on any atom is -0.0256 e. The van der Waals surface area contributed by atoms with Crippen LogP contribution in [0.15, 0.2) is 24.3 Å². The molecule has 0 heterocycles. The lowest BCUT2D eigenvalue weighted by Gasteiger charge is -1.93. The summed E-state index contributed by atoms with van der Waals surface area (Å²) < 4.78 is 0. The smallest absolute Gasteiger partial charge is 0.0256 e. The fourth-order valence-corrected chi connectivity index (χ4v) is 0.747. The molecule has 0 nitrogen and oxygen atoms in total. The Kier molecular flexibility index (Phi) is 6.25. The molecule has 0 atom stereocenters. The second-order valence-electron chi connectivity index (χ2n) is 2.46. The molecule has 10 heavy (non-hydrogen) atoms. The summed E-state index contributed by atoms with van der Waals surface area (Å²) in [6.07, 6.45) is 9.83. The van der Waals surface area contributed by atoms with Gasteiger partial charge in [0, 0.05) is 0 Å². The van der Waals surface area contributed by atoms with Gasteiger partial charge in [-0.15, -0.1) is 0 Å². The van der Waals surface area contributed by atoms with Crippen LogP contribution >= 0.6 is 0 Å². The Labute approximate surface area is 64.6 Å². The van der Waals surface area contributed by atoms with Crippen molar-refractivity contribution >= 4 is 0 Å². The van der Waals surface area contributed by atoms with Crippen molar-refractivity contribution < 1.29 is 0 Å². The van der Waals surface area contributed by atoms with Crippen molar-refractivity contribution in [2.45, 2.75) is 33.1 Å². The van der Waals surface area contributed by atoms with E-state index in [0.717, 1.165) is 6.42 Å². The largest absolute Gasteiger partial charge is 0.0958 e. The van der Waals surface area contributed by atoms with Crippen molar-refractivity contribution in [3.05, 3.63) is 30.7 Å². The zero-order valence-corrected chi connectivity index (χ0v) is 7.06. The maximum absolute atomic E-state index is 3.90. The molecular formula is C10H17. The third-order valence-corrected chi connectivity index (χ3v) is 1.28. The van der Waals surface area contributed by atoms with Gasteiger partial charge in [-0.05, 0) is 19.3 Å². The summed E-state index contributed by atoms with van der Waals surface area (Å²) in [5, 5.41) is 0. The second kappa shape index (κ2) is 6.60. The highest BCUT2D eigenvalue weighted by Gasteiger charge is 1.83. The minimum Gasteiger partial charge on any atom is -0.0958 e. The Balaban J connectivity index is 3.36. The summed E-state index contributed by atoms with van der Waals surface area (Å²) in [5.41, 5.74) is 1.20. The molecule has 0 aliphatic rings. The van der Waals surface area contributed by atoms with E-state index in [1.807, 2.05) is 0 Å². The second-order valence-corrected chi connectivity index (χ2v) is 2.46. The van der Waals surface area contributed by atoms with Crippen LogP contribution in [0.4, 0.5) is 0 Å². The van der Waals surface area contributed by atoms with Crippen LogP contribution in [0.5, 0.6) is 0 Å².